The lowest BCUT2D eigenvalue weighted by molar-refractivity contribution is 0.299. The van der Waals surface area contributed by atoms with Crippen molar-refractivity contribution in [2.45, 2.75) is 84.1 Å². The fraction of sp³-hybridized carbons (Fsp3) is 0.833. The van der Waals surface area contributed by atoms with Crippen molar-refractivity contribution in [3.63, 3.8) is 0 Å². The third-order valence-corrected chi connectivity index (χ3v) is 5.48. The molecule has 1 heterocycles. The summed E-state index contributed by atoms with van der Waals surface area (Å²) in [4.78, 5) is 4.96. The van der Waals surface area contributed by atoms with Crippen LogP contribution >= 0.6 is 11.3 Å². The Balaban J connectivity index is 2.05. The zero-order valence-electron chi connectivity index (χ0n) is 14.2. The summed E-state index contributed by atoms with van der Waals surface area (Å²) in [5.41, 5.74) is 1.41. The van der Waals surface area contributed by atoms with Crippen LogP contribution in [0.2, 0.25) is 0 Å². The third-order valence-electron chi connectivity index (χ3n) is 4.52. The second-order valence-electron chi connectivity index (χ2n) is 7.57. The number of rotatable bonds is 6. The van der Waals surface area contributed by atoms with Crippen LogP contribution in [0.25, 0.3) is 0 Å². The van der Waals surface area contributed by atoms with E-state index in [-0.39, 0.29) is 5.41 Å². The van der Waals surface area contributed by atoms with Gasteiger partial charge in [0.1, 0.15) is 5.01 Å². The number of hydrogen-bond acceptors (Lipinski definition) is 3. The van der Waals surface area contributed by atoms with Gasteiger partial charge in [-0.25, -0.2) is 4.98 Å². The minimum atomic E-state index is 0.162. The number of nitrogens with zero attached hydrogens (tertiary/aromatic N) is 1. The molecule has 2 nitrogen and oxygen atoms in total. The highest BCUT2D eigenvalue weighted by Gasteiger charge is 2.24. The molecule has 0 amide bonds. The molecular weight excluding hydrogens is 276 g/mol. The van der Waals surface area contributed by atoms with Crippen molar-refractivity contribution in [2.75, 3.05) is 6.54 Å². The molecule has 0 saturated heterocycles. The van der Waals surface area contributed by atoms with Crippen LogP contribution in [0.15, 0.2) is 5.38 Å². The van der Waals surface area contributed by atoms with Crippen molar-refractivity contribution < 1.29 is 0 Å². The highest BCUT2D eigenvalue weighted by Crippen LogP contribution is 2.34. The van der Waals surface area contributed by atoms with E-state index in [1.807, 2.05) is 11.3 Å². The largest absolute Gasteiger partial charge is 0.308 e. The normalized spacial score (nSPS) is 18.9. The summed E-state index contributed by atoms with van der Waals surface area (Å²) in [6, 6.07) is 0.467. The molecule has 21 heavy (non-hydrogen) atoms. The Morgan fingerprint density at radius 3 is 2.57 bits per heavy atom. The summed E-state index contributed by atoms with van der Waals surface area (Å²) in [5, 5.41) is 7.31. The van der Waals surface area contributed by atoms with Crippen LogP contribution < -0.4 is 5.32 Å². The van der Waals surface area contributed by atoms with E-state index >= 15 is 0 Å². The number of thiazole rings is 1. The SMILES string of the molecule is CCCNC(CC1CCCCC1)c1nc(C(C)(C)C)cs1. The number of nitrogens with one attached hydrogen (secondary N) is 1. The van der Waals surface area contributed by atoms with E-state index in [0.717, 1.165) is 12.5 Å². The van der Waals surface area contributed by atoms with Gasteiger partial charge in [0, 0.05) is 10.8 Å². The summed E-state index contributed by atoms with van der Waals surface area (Å²) >= 11 is 1.85. The van der Waals surface area contributed by atoms with Gasteiger partial charge in [-0.2, -0.15) is 0 Å². The lowest BCUT2D eigenvalue weighted by Crippen LogP contribution is -2.25. The van der Waals surface area contributed by atoms with Crippen LogP contribution in [-0.2, 0) is 5.41 Å². The molecule has 1 saturated carbocycles. The summed E-state index contributed by atoms with van der Waals surface area (Å²) in [7, 11) is 0. The molecule has 0 aromatic carbocycles. The molecule has 1 atom stereocenters. The van der Waals surface area contributed by atoms with Gasteiger partial charge in [0.2, 0.25) is 0 Å². The van der Waals surface area contributed by atoms with Crippen molar-refractivity contribution in [1.29, 1.82) is 0 Å². The molecule has 1 aromatic heterocycles. The first kappa shape index (κ1) is 17.0. The van der Waals surface area contributed by atoms with Crippen molar-refractivity contribution in [3.05, 3.63) is 16.1 Å². The summed E-state index contributed by atoms with van der Waals surface area (Å²) in [6.45, 7) is 10.1. The van der Waals surface area contributed by atoms with Gasteiger partial charge in [-0.3, -0.25) is 0 Å². The van der Waals surface area contributed by atoms with Gasteiger partial charge in [-0.05, 0) is 25.3 Å². The minimum absolute atomic E-state index is 0.162. The Morgan fingerprint density at radius 2 is 2.00 bits per heavy atom. The molecule has 1 aliphatic carbocycles. The molecule has 1 fully saturated rings. The zero-order chi connectivity index (χ0) is 15.3. The maximum absolute atomic E-state index is 4.96. The summed E-state index contributed by atoms with van der Waals surface area (Å²) in [6.07, 6.45) is 9.60. The van der Waals surface area contributed by atoms with Gasteiger partial charge >= 0.3 is 0 Å². The van der Waals surface area contributed by atoms with Crippen LogP contribution in [0.5, 0.6) is 0 Å². The van der Waals surface area contributed by atoms with Crippen molar-refractivity contribution in [1.82, 2.24) is 10.3 Å². The van der Waals surface area contributed by atoms with Crippen LogP contribution in [0, 0.1) is 5.92 Å². The molecule has 1 N–H and O–H groups in total. The predicted molar refractivity (Wildman–Crippen MR) is 93.0 cm³/mol. The van der Waals surface area contributed by atoms with Crippen molar-refractivity contribution >= 4 is 11.3 Å². The standard InChI is InChI=1S/C18H32N2S/c1-5-11-19-15(12-14-9-7-6-8-10-14)17-20-16(13-21-17)18(2,3)4/h13-15,19H,5-12H2,1-4H3. The second kappa shape index (κ2) is 7.73. The average Bonchev–Trinajstić information content (AvgIpc) is 2.94. The average molecular weight is 309 g/mol. The van der Waals surface area contributed by atoms with Gasteiger partial charge in [-0.1, -0.05) is 59.8 Å². The van der Waals surface area contributed by atoms with E-state index in [4.69, 9.17) is 4.98 Å². The van der Waals surface area contributed by atoms with E-state index in [0.29, 0.717) is 6.04 Å². The Morgan fingerprint density at radius 1 is 1.29 bits per heavy atom. The Bertz CT molecular complexity index is 413. The maximum atomic E-state index is 4.96. The first-order valence-corrected chi connectivity index (χ1v) is 9.58. The fourth-order valence-corrected chi connectivity index (χ4v) is 4.27. The topological polar surface area (TPSA) is 24.9 Å². The summed E-state index contributed by atoms with van der Waals surface area (Å²) < 4.78 is 0. The van der Waals surface area contributed by atoms with Crippen molar-refractivity contribution in [3.8, 4) is 0 Å². The highest BCUT2D eigenvalue weighted by molar-refractivity contribution is 7.09. The van der Waals surface area contributed by atoms with Gasteiger partial charge in [0.05, 0.1) is 11.7 Å². The van der Waals surface area contributed by atoms with Gasteiger partial charge in [0.15, 0.2) is 0 Å². The molecule has 2 rings (SSSR count). The van der Waals surface area contributed by atoms with Gasteiger partial charge < -0.3 is 5.32 Å². The molecule has 1 unspecified atom stereocenters. The number of hydrogen-bond donors (Lipinski definition) is 1. The smallest absolute Gasteiger partial charge is 0.110 e. The molecule has 120 valence electrons. The van der Waals surface area contributed by atoms with Crippen LogP contribution in [0.1, 0.15) is 89.4 Å². The van der Waals surface area contributed by atoms with Crippen LogP contribution in [-0.4, -0.2) is 11.5 Å². The van der Waals surface area contributed by atoms with Gasteiger partial charge in [-0.15, -0.1) is 11.3 Å². The highest BCUT2D eigenvalue weighted by atomic mass is 32.1. The Labute approximate surface area is 134 Å². The first-order valence-electron chi connectivity index (χ1n) is 8.70. The predicted octanol–water partition coefficient (Wildman–Crippen LogP) is 5.45. The Hall–Kier alpha value is -0.410. The lowest BCUT2D eigenvalue weighted by atomic mass is 9.85. The minimum Gasteiger partial charge on any atom is -0.308 e. The van der Waals surface area contributed by atoms with E-state index in [9.17, 15) is 0 Å². The maximum Gasteiger partial charge on any atom is 0.110 e. The van der Waals surface area contributed by atoms with Crippen LogP contribution in [0.3, 0.4) is 0 Å². The molecule has 0 spiro atoms. The second-order valence-corrected chi connectivity index (χ2v) is 8.46. The molecule has 1 aliphatic rings. The molecule has 0 radical (unpaired) electrons. The zero-order valence-corrected chi connectivity index (χ0v) is 15.1. The monoisotopic (exact) mass is 308 g/mol. The van der Waals surface area contributed by atoms with E-state index in [1.54, 1.807) is 0 Å². The number of aromatic nitrogens is 1. The van der Waals surface area contributed by atoms with Crippen molar-refractivity contribution in [2.24, 2.45) is 5.92 Å². The molecule has 3 heteroatoms. The molecule has 0 aliphatic heterocycles. The fourth-order valence-electron chi connectivity index (χ4n) is 3.14. The first-order chi connectivity index (χ1) is 10.0. The van der Waals surface area contributed by atoms with E-state index in [1.165, 1.54) is 55.6 Å². The molecular formula is C18H32N2S. The van der Waals surface area contributed by atoms with Gasteiger partial charge in [0.25, 0.3) is 0 Å². The third kappa shape index (κ3) is 5.07. The Kier molecular flexibility index (Phi) is 6.24. The lowest BCUT2D eigenvalue weighted by Gasteiger charge is -2.26. The quantitative estimate of drug-likeness (QED) is 0.755. The van der Waals surface area contributed by atoms with E-state index in [2.05, 4.69) is 38.4 Å². The molecule has 0 bridgehead atoms. The van der Waals surface area contributed by atoms with Crippen LogP contribution in [0.4, 0.5) is 0 Å². The van der Waals surface area contributed by atoms with E-state index < -0.39 is 0 Å². The molecule has 1 aromatic rings. The summed E-state index contributed by atoms with van der Waals surface area (Å²) in [5.74, 6) is 0.898.